The molecule has 2 fully saturated rings. The summed E-state index contributed by atoms with van der Waals surface area (Å²) in [6.07, 6.45) is 2.53. The van der Waals surface area contributed by atoms with E-state index in [-0.39, 0.29) is 60.4 Å². The summed E-state index contributed by atoms with van der Waals surface area (Å²) in [4.78, 5) is 61.6. The zero-order valence-electron chi connectivity index (χ0n) is 20.5. The van der Waals surface area contributed by atoms with Gasteiger partial charge >= 0.3 is 5.97 Å². The minimum Gasteiger partial charge on any atom is -0.465 e. The van der Waals surface area contributed by atoms with Crippen LogP contribution < -0.4 is 0 Å². The van der Waals surface area contributed by atoms with E-state index in [1.807, 2.05) is 39.5 Å². The minimum absolute atomic E-state index is 0. The summed E-state index contributed by atoms with van der Waals surface area (Å²) in [6, 6.07) is 0. The van der Waals surface area contributed by atoms with Gasteiger partial charge in [0.15, 0.2) is 11.7 Å². The third-order valence-electron chi connectivity index (χ3n) is 6.39. The summed E-state index contributed by atoms with van der Waals surface area (Å²) in [5.74, 6) is -2.66. The lowest BCUT2D eigenvalue weighted by Crippen LogP contribution is -2.57. The highest BCUT2D eigenvalue weighted by molar-refractivity contribution is 6.18. The monoisotopic (exact) mass is 474 g/mol. The van der Waals surface area contributed by atoms with Crippen molar-refractivity contribution in [2.24, 2.45) is 5.92 Å². The maximum absolute atomic E-state index is 12.3. The van der Waals surface area contributed by atoms with Crippen molar-refractivity contribution in [2.45, 2.75) is 91.6 Å². The first-order valence-corrected chi connectivity index (χ1v) is 11.1. The van der Waals surface area contributed by atoms with E-state index < -0.39 is 17.8 Å². The van der Waals surface area contributed by atoms with Crippen molar-refractivity contribution in [3.8, 4) is 0 Å². The van der Waals surface area contributed by atoms with Crippen molar-refractivity contribution in [1.29, 1.82) is 0 Å². The fourth-order valence-corrected chi connectivity index (χ4v) is 3.56. The molecule has 2 saturated heterocycles. The zero-order chi connectivity index (χ0) is 24.0. The van der Waals surface area contributed by atoms with Gasteiger partial charge in [0.2, 0.25) is 11.8 Å². The summed E-state index contributed by atoms with van der Waals surface area (Å²) in [6.45, 7) is 14.8. The Kier molecular flexibility index (Phi) is 11.6. The number of nitrogens with zero attached hydrogens (tertiary/aromatic N) is 2. The van der Waals surface area contributed by atoms with Crippen molar-refractivity contribution in [3.63, 3.8) is 0 Å². The molecule has 1 unspecified atom stereocenters. The van der Waals surface area contributed by atoms with Gasteiger partial charge in [-0.05, 0) is 47.5 Å². The molecule has 0 aromatic rings. The number of hydrogen-bond acceptors (Lipinski definition) is 6. The summed E-state index contributed by atoms with van der Waals surface area (Å²) in [5.41, 5.74) is -0.444. The van der Waals surface area contributed by atoms with Crippen molar-refractivity contribution in [2.75, 3.05) is 19.7 Å². The molecule has 8 nitrogen and oxygen atoms in total. The number of ketones is 2. The molecule has 0 N–H and O–H groups in total. The molecule has 2 heterocycles. The lowest BCUT2D eigenvalue weighted by atomic mass is 9.89. The van der Waals surface area contributed by atoms with Crippen LogP contribution in [-0.4, -0.2) is 69.9 Å². The van der Waals surface area contributed by atoms with Gasteiger partial charge in [-0.15, -0.1) is 12.4 Å². The van der Waals surface area contributed by atoms with Crippen LogP contribution >= 0.6 is 12.4 Å². The number of Topliss-reactive ketones (excluding diaryl/α,β-unsaturated/α-hetero) is 2. The predicted molar refractivity (Wildman–Crippen MR) is 123 cm³/mol. The molecule has 0 aliphatic carbocycles. The molecule has 0 radical (unpaired) electrons. The fourth-order valence-electron chi connectivity index (χ4n) is 3.56. The molecule has 184 valence electrons. The predicted octanol–water partition coefficient (Wildman–Crippen LogP) is 2.94. The third kappa shape index (κ3) is 7.29. The normalized spacial score (nSPS) is 19.8. The van der Waals surface area contributed by atoms with Crippen LogP contribution in [0.1, 0.15) is 80.6 Å². The van der Waals surface area contributed by atoms with Crippen LogP contribution in [-0.2, 0) is 28.7 Å². The van der Waals surface area contributed by atoms with E-state index in [1.165, 1.54) is 0 Å². The van der Waals surface area contributed by atoms with Crippen LogP contribution in [0.2, 0.25) is 0 Å². The first kappa shape index (κ1) is 30.0. The molecule has 0 spiro atoms. The topological polar surface area (TPSA) is 101 Å². The van der Waals surface area contributed by atoms with Gasteiger partial charge in [-0.3, -0.25) is 24.0 Å². The van der Waals surface area contributed by atoms with E-state index in [4.69, 9.17) is 4.74 Å². The molecule has 2 rings (SSSR count). The molecular formula is C23H39ClN2O6. The standard InChI is InChI=1S/C13H21NO4.C10H17NO2.ClH/c1-5-13(3,4)14-8-7-9(15)10(11(14)16)12(17)18-6-2;1-4-10(2,3)11-6-5-8(12)7-9(11)13;/h10H,5-8H2,1-4H3;4-7H2,1-3H3;1H. The first-order valence-electron chi connectivity index (χ1n) is 11.1. The Bertz CT molecular complexity index is 719. The van der Waals surface area contributed by atoms with Gasteiger partial charge in [-0.2, -0.15) is 0 Å². The minimum atomic E-state index is -1.26. The Morgan fingerprint density at radius 3 is 1.88 bits per heavy atom. The number of likely N-dealkylation sites (tertiary alicyclic amines) is 2. The number of amides is 2. The number of ether oxygens (including phenoxy) is 1. The molecule has 0 aromatic carbocycles. The number of carbonyl (C=O) groups is 5. The highest BCUT2D eigenvalue weighted by Crippen LogP contribution is 2.26. The number of piperidine rings is 2. The Morgan fingerprint density at radius 1 is 0.906 bits per heavy atom. The number of carbonyl (C=O) groups excluding carboxylic acids is 5. The first-order chi connectivity index (χ1) is 14.3. The maximum atomic E-state index is 12.3. The van der Waals surface area contributed by atoms with Crippen LogP contribution in [0.4, 0.5) is 0 Å². The molecule has 2 amide bonds. The summed E-state index contributed by atoms with van der Waals surface area (Å²) in [5, 5.41) is 0. The van der Waals surface area contributed by atoms with Gasteiger partial charge in [-0.25, -0.2) is 0 Å². The van der Waals surface area contributed by atoms with E-state index >= 15 is 0 Å². The second-order valence-corrected chi connectivity index (χ2v) is 9.23. The van der Waals surface area contributed by atoms with E-state index in [1.54, 1.807) is 11.8 Å². The summed E-state index contributed by atoms with van der Waals surface area (Å²) < 4.78 is 4.81. The van der Waals surface area contributed by atoms with Crippen molar-refractivity contribution < 1.29 is 28.7 Å². The zero-order valence-corrected chi connectivity index (χ0v) is 21.3. The Labute approximate surface area is 197 Å². The molecule has 0 bridgehead atoms. The summed E-state index contributed by atoms with van der Waals surface area (Å²) >= 11 is 0. The molecule has 1 atom stereocenters. The van der Waals surface area contributed by atoms with Crippen LogP contribution in [0, 0.1) is 5.92 Å². The van der Waals surface area contributed by atoms with Crippen molar-refractivity contribution in [3.05, 3.63) is 0 Å². The average molecular weight is 475 g/mol. The van der Waals surface area contributed by atoms with Gasteiger partial charge in [0, 0.05) is 37.0 Å². The quantitative estimate of drug-likeness (QED) is 0.433. The van der Waals surface area contributed by atoms with E-state index in [0.29, 0.717) is 19.5 Å². The highest BCUT2D eigenvalue weighted by atomic mass is 35.5. The average Bonchev–Trinajstić information content (AvgIpc) is 2.68. The van der Waals surface area contributed by atoms with Crippen LogP contribution in [0.3, 0.4) is 0 Å². The fraction of sp³-hybridized carbons (Fsp3) is 0.783. The lowest BCUT2D eigenvalue weighted by molar-refractivity contribution is -0.164. The molecule has 9 heteroatoms. The van der Waals surface area contributed by atoms with Gasteiger partial charge in [0.1, 0.15) is 5.78 Å². The van der Waals surface area contributed by atoms with E-state index in [2.05, 4.69) is 6.92 Å². The number of esters is 1. The van der Waals surface area contributed by atoms with Gasteiger partial charge in [0.25, 0.3) is 0 Å². The molecule has 2 aliphatic rings. The van der Waals surface area contributed by atoms with Crippen LogP contribution in [0.15, 0.2) is 0 Å². The number of hydrogen-bond donors (Lipinski definition) is 0. The SMILES string of the molecule is CCC(C)(C)N1CCC(=O)CC1=O.CCOC(=O)C1C(=O)CCN(C(C)(C)CC)C1=O.Cl. The van der Waals surface area contributed by atoms with Crippen molar-refractivity contribution in [1.82, 2.24) is 9.80 Å². The van der Waals surface area contributed by atoms with Gasteiger partial charge in [0.05, 0.1) is 13.0 Å². The molecule has 2 aliphatic heterocycles. The van der Waals surface area contributed by atoms with E-state index in [0.717, 1.165) is 12.8 Å². The second-order valence-electron chi connectivity index (χ2n) is 9.23. The maximum Gasteiger partial charge on any atom is 0.326 e. The van der Waals surface area contributed by atoms with Crippen LogP contribution in [0.5, 0.6) is 0 Å². The molecule has 0 aromatic heterocycles. The van der Waals surface area contributed by atoms with E-state index in [9.17, 15) is 24.0 Å². The Balaban J connectivity index is 0.000000611. The Morgan fingerprint density at radius 2 is 1.41 bits per heavy atom. The largest absolute Gasteiger partial charge is 0.465 e. The van der Waals surface area contributed by atoms with Crippen LogP contribution in [0.25, 0.3) is 0 Å². The van der Waals surface area contributed by atoms with Crippen molar-refractivity contribution >= 4 is 41.8 Å². The highest BCUT2D eigenvalue weighted by Gasteiger charge is 2.45. The lowest BCUT2D eigenvalue weighted by Gasteiger charge is -2.41. The third-order valence-corrected chi connectivity index (χ3v) is 6.39. The smallest absolute Gasteiger partial charge is 0.326 e. The Hall–Kier alpha value is -1.96. The number of halogens is 1. The molecule has 0 saturated carbocycles. The van der Waals surface area contributed by atoms with Gasteiger partial charge in [-0.1, -0.05) is 13.8 Å². The summed E-state index contributed by atoms with van der Waals surface area (Å²) in [7, 11) is 0. The van der Waals surface area contributed by atoms with Gasteiger partial charge < -0.3 is 14.5 Å². The second kappa shape index (κ2) is 12.3. The number of rotatable bonds is 6. The molecule has 32 heavy (non-hydrogen) atoms. The molecular weight excluding hydrogens is 436 g/mol.